The maximum absolute atomic E-state index is 13.5. The number of thioether (sulfide) groups is 1. The number of amides is 2. The summed E-state index contributed by atoms with van der Waals surface area (Å²) in [5, 5.41) is 12.9. The molecule has 0 radical (unpaired) electrons. The molecule has 7 nitrogen and oxygen atoms in total. The molecule has 220 valence electrons. The summed E-state index contributed by atoms with van der Waals surface area (Å²) in [6.45, 7) is 3.52. The molecule has 1 heterocycles. The molecule has 0 saturated carbocycles. The van der Waals surface area contributed by atoms with Gasteiger partial charge >= 0.3 is 12.4 Å². The zero-order valence-corrected chi connectivity index (χ0v) is 22.9. The van der Waals surface area contributed by atoms with Crippen molar-refractivity contribution in [2.75, 3.05) is 11.1 Å². The van der Waals surface area contributed by atoms with Crippen molar-refractivity contribution in [2.45, 2.75) is 37.9 Å². The van der Waals surface area contributed by atoms with Gasteiger partial charge in [0.15, 0.2) is 11.0 Å². The van der Waals surface area contributed by atoms with Crippen LogP contribution < -0.4 is 10.6 Å². The van der Waals surface area contributed by atoms with E-state index in [9.17, 15) is 35.9 Å². The molecule has 0 saturated heterocycles. The fourth-order valence-corrected chi connectivity index (χ4v) is 4.66. The number of nitrogens with one attached hydrogen (secondary N) is 2. The zero-order valence-electron chi connectivity index (χ0n) is 22.1. The maximum atomic E-state index is 13.5. The van der Waals surface area contributed by atoms with E-state index in [-0.39, 0.29) is 23.2 Å². The molecule has 0 atom stereocenters. The SMILES string of the molecule is Cc1ccc(C(=O)NCc2nnc(SCC(=O)Nc3ccccc3C(F)(F)F)n2-c2cccc(C(F)(F)F)c2)cc1C. The van der Waals surface area contributed by atoms with Crippen LogP contribution in [0.1, 0.15) is 38.4 Å². The van der Waals surface area contributed by atoms with Crippen molar-refractivity contribution in [2.24, 2.45) is 0 Å². The molecule has 0 bridgehead atoms. The molecule has 0 spiro atoms. The van der Waals surface area contributed by atoms with Crippen LogP contribution in [0.25, 0.3) is 5.69 Å². The van der Waals surface area contributed by atoms with E-state index in [1.165, 1.54) is 28.8 Å². The van der Waals surface area contributed by atoms with E-state index in [4.69, 9.17) is 0 Å². The van der Waals surface area contributed by atoms with Gasteiger partial charge in [0, 0.05) is 5.56 Å². The van der Waals surface area contributed by atoms with Crippen molar-refractivity contribution >= 4 is 29.3 Å². The topological polar surface area (TPSA) is 88.9 Å². The largest absolute Gasteiger partial charge is 0.418 e. The van der Waals surface area contributed by atoms with E-state index >= 15 is 0 Å². The Bertz CT molecular complexity index is 1620. The second-order valence-electron chi connectivity index (χ2n) is 9.14. The summed E-state index contributed by atoms with van der Waals surface area (Å²) in [5.74, 6) is -1.62. The third kappa shape index (κ3) is 7.29. The van der Waals surface area contributed by atoms with E-state index in [2.05, 4.69) is 20.8 Å². The van der Waals surface area contributed by atoms with Gasteiger partial charge < -0.3 is 10.6 Å². The van der Waals surface area contributed by atoms with Crippen molar-refractivity contribution in [3.63, 3.8) is 0 Å². The Morgan fingerprint density at radius 2 is 1.60 bits per heavy atom. The van der Waals surface area contributed by atoms with Gasteiger partial charge in [0.05, 0.1) is 34.8 Å². The van der Waals surface area contributed by atoms with E-state index in [0.29, 0.717) is 5.56 Å². The van der Waals surface area contributed by atoms with Crippen LogP contribution in [0.2, 0.25) is 0 Å². The van der Waals surface area contributed by atoms with Crippen molar-refractivity contribution in [1.29, 1.82) is 0 Å². The lowest BCUT2D eigenvalue weighted by Crippen LogP contribution is -2.25. The van der Waals surface area contributed by atoms with Gasteiger partial charge in [0.1, 0.15) is 0 Å². The molecule has 4 aromatic rings. The number of hydrogen-bond donors (Lipinski definition) is 2. The molecular weight excluding hydrogens is 584 g/mol. The fourth-order valence-electron chi connectivity index (χ4n) is 3.89. The molecule has 14 heteroatoms. The minimum atomic E-state index is -4.70. The summed E-state index contributed by atoms with van der Waals surface area (Å²) in [7, 11) is 0. The first-order valence-electron chi connectivity index (χ1n) is 12.3. The maximum Gasteiger partial charge on any atom is 0.418 e. The summed E-state index contributed by atoms with van der Waals surface area (Å²) in [6, 6.07) is 13.9. The number of halogens is 6. The van der Waals surface area contributed by atoms with Crippen molar-refractivity contribution in [3.05, 3.63) is 100 Å². The van der Waals surface area contributed by atoms with Crippen LogP contribution in [-0.4, -0.2) is 32.3 Å². The highest BCUT2D eigenvalue weighted by Gasteiger charge is 2.34. The lowest BCUT2D eigenvalue weighted by molar-refractivity contribution is -0.138. The Morgan fingerprint density at radius 1 is 0.857 bits per heavy atom. The first kappa shape index (κ1) is 30.6. The van der Waals surface area contributed by atoms with Gasteiger partial charge in [0.2, 0.25) is 5.91 Å². The van der Waals surface area contributed by atoms with Gasteiger partial charge in [-0.15, -0.1) is 10.2 Å². The van der Waals surface area contributed by atoms with Crippen LogP contribution in [0.5, 0.6) is 0 Å². The van der Waals surface area contributed by atoms with E-state index in [0.717, 1.165) is 47.2 Å². The number of rotatable bonds is 8. The first-order chi connectivity index (χ1) is 19.7. The quantitative estimate of drug-likeness (QED) is 0.175. The predicted molar refractivity (Wildman–Crippen MR) is 144 cm³/mol. The third-order valence-corrected chi connectivity index (χ3v) is 7.08. The lowest BCUT2D eigenvalue weighted by Gasteiger charge is -2.14. The Morgan fingerprint density at radius 3 is 2.29 bits per heavy atom. The van der Waals surface area contributed by atoms with Crippen LogP contribution in [-0.2, 0) is 23.7 Å². The molecule has 2 N–H and O–H groups in total. The number of aromatic nitrogens is 3. The standard InChI is InChI=1S/C28H23F6N5O2S/c1-16-10-11-18(12-17(16)2)25(41)35-14-23-37-38-26(39(23)20-7-5-6-19(13-20)27(29,30)31)42-15-24(40)36-22-9-4-3-8-21(22)28(32,33)34/h3-13H,14-15H2,1-2H3,(H,35,41)(H,36,40). The number of carbonyl (C=O) groups excluding carboxylic acids is 2. The highest BCUT2D eigenvalue weighted by molar-refractivity contribution is 7.99. The smallest absolute Gasteiger partial charge is 0.345 e. The van der Waals surface area contributed by atoms with Gasteiger partial charge in [-0.3, -0.25) is 14.2 Å². The summed E-state index contributed by atoms with van der Waals surface area (Å²) in [4.78, 5) is 25.3. The van der Waals surface area contributed by atoms with E-state index in [1.807, 2.05) is 13.8 Å². The number of hydrogen-bond acceptors (Lipinski definition) is 5. The Hall–Kier alpha value is -4.33. The highest BCUT2D eigenvalue weighted by Crippen LogP contribution is 2.35. The van der Waals surface area contributed by atoms with Gasteiger partial charge in [-0.2, -0.15) is 26.3 Å². The zero-order chi connectivity index (χ0) is 30.7. The van der Waals surface area contributed by atoms with Crippen LogP contribution in [0.4, 0.5) is 32.0 Å². The fraction of sp³-hybridized carbons (Fsp3) is 0.214. The molecule has 0 fully saturated rings. The Balaban J connectivity index is 1.58. The number of aryl methyl sites for hydroxylation is 2. The van der Waals surface area contributed by atoms with Crippen molar-refractivity contribution < 1.29 is 35.9 Å². The number of carbonyl (C=O) groups is 2. The minimum Gasteiger partial charge on any atom is -0.345 e. The molecule has 0 aliphatic rings. The van der Waals surface area contributed by atoms with Crippen LogP contribution in [0.15, 0.2) is 71.9 Å². The van der Waals surface area contributed by atoms with Gasteiger partial charge in [-0.1, -0.05) is 36.0 Å². The average molecular weight is 608 g/mol. The molecule has 4 rings (SSSR count). The third-order valence-electron chi connectivity index (χ3n) is 6.15. The Kier molecular flexibility index (Phi) is 8.95. The summed E-state index contributed by atoms with van der Waals surface area (Å²) < 4.78 is 81.5. The van der Waals surface area contributed by atoms with Crippen molar-refractivity contribution in [3.8, 4) is 5.69 Å². The molecule has 3 aromatic carbocycles. The molecule has 2 amide bonds. The normalized spacial score (nSPS) is 11.8. The monoisotopic (exact) mass is 607 g/mol. The highest BCUT2D eigenvalue weighted by atomic mass is 32.2. The molecule has 42 heavy (non-hydrogen) atoms. The second kappa shape index (κ2) is 12.3. The minimum absolute atomic E-state index is 0.00980. The summed E-state index contributed by atoms with van der Waals surface area (Å²) >= 11 is 0.753. The molecule has 0 aliphatic carbocycles. The van der Waals surface area contributed by atoms with Crippen LogP contribution >= 0.6 is 11.8 Å². The van der Waals surface area contributed by atoms with Crippen molar-refractivity contribution in [1.82, 2.24) is 20.1 Å². The summed E-state index contributed by atoms with van der Waals surface area (Å²) in [5.41, 5.74) is -0.157. The molecule has 0 unspecified atom stereocenters. The Labute approximate surface area is 240 Å². The second-order valence-corrected chi connectivity index (χ2v) is 10.1. The van der Waals surface area contributed by atoms with Crippen LogP contribution in [0, 0.1) is 13.8 Å². The molecule has 1 aromatic heterocycles. The predicted octanol–water partition coefficient (Wildman–Crippen LogP) is 6.58. The van der Waals surface area contributed by atoms with Gasteiger partial charge in [0.25, 0.3) is 5.91 Å². The average Bonchev–Trinajstić information content (AvgIpc) is 3.34. The first-order valence-corrected chi connectivity index (χ1v) is 13.3. The molecule has 0 aliphatic heterocycles. The van der Waals surface area contributed by atoms with E-state index < -0.39 is 46.7 Å². The number of benzene rings is 3. The summed E-state index contributed by atoms with van der Waals surface area (Å²) in [6.07, 6.45) is -9.35. The lowest BCUT2D eigenvalue weighted by atomic mass is 10.1. The number of alkyl halides is 6. The number of nitrogens with zero attached hydrogens (tertiary/aromatic N) is 3. The van der Waals surface area contributed by atoms with Crippen LogP contribution in [0.3, 0.4) is 0 Å². The number of anilines is 1. The van der Waals surface area contributed by atoms with Gasteiger partial charge in [-0.05, 0) is 67.4 Å². The number of para-hydroxylation sites is 1. The van der Waals surface area contributed by atoms with E-state index in [1.54, 1.807) is 18.2 Å². The van der Waals surface area contributed by atoms with Gasteiger partial charge in [-0.25, -0.2) is 0 Å². The molecular formula is C28H23F6N5O2S.